The summed E-state index contributed by atoms with van der Waals surface area (Å²) in [7, 11) is 3.31. The molecule has 1 saturated heterocycles. The van der Waals surface area contributed by atoms with Gasteiger partial charge in [0.05, 0.1) is 17.5 Å². The molecule has 1 saturated carbocycles. The van der Waals surface area contributed by atoms with Gasteiger partial charge in [-0.15, -0.1) is 0 Å². The predicted octanol–water partition coefficient (Wildman–Crippen LogP) is 3.11. The van der Waals surface area contributed by atoms with Crippen molar-refractivity contribution in [2.75, 3.05) is 25.0 Å². The van der Waals surface area contributed by atoms with Crippen LogP contribution in [0.1, 0.15) is 21.9 Å². The van der Waals surface area contributed by atoms with Gasteiger partial charge < -0.3 is 14.2 Å². The number of piperidine rings is 1. The maximum atomic E-state index is 14.2. The lowest BCUT2D eigenvalue weighted by Gasteiger charge is -2.26. The van der Waals surface area contributed by atoms with E-state index in [4.69, 9.17) is 4.42 Å². The molecule has 0 aromatic carbocycles. The quantitative estimate of drug-likeness (QED) is 0.522. The summed E-state index contributed by atoms with van der Waals surface area (Å²) in [4.78, 5) is 36.8. The number of halogens is 4. The Balaban J connectivity index is 1.35. The molecule has 0 radical (unpaired) electrons. The van der Waals surface area contributed by atoms with Gasteiger partial charge in [0.1, 0.15) is 5.76 Å². The average Bonchev–Trinajstić information content (AvgIpc) is 3.09. The molecule has 3 atom stereocenters. The van der Waals surface area contributed by atoms with Crippen LogP contribution in [0.4, 0.5) is 23.5 Å². The predicted molar refractivity (Wildman–Crippen MR) is 116 cm³/mol. The summed E-state index contributed by atoms with van der Waals surface area (Å²) in [6.07, 6.45) is -2.32. The Morgan fingerprint density at radius 1 is 1.23 bits per heavy atom. The van der Waals surface area contributed by atoms with E-state index in [-0.39, 0.29) is 53.5 Å². The van der Waals surface area contributed by atoms with Crippen molar-refractivity contribution in [2.24, 2.45) is 18.9 Å². The third-order valence-corrected chi connectivity index (χ3v) is 6.70. The number of aryl methyl sites for hydroxylation is 1. The number of aromatic nitrogens is 3. The van der Waals surface area contributed by atoms with E-state index in [1.807, 2.05) is 4.90 Å². The fourth-order valence-electron chi connectivity index (χ4n) is 4.99. The molecule has 12 heteroatoms. The van der Waals surface area contributed by atoms with E-state index in [1.54, 1.807) is 14.1 Å². The topological polar surface area (TPSA) is 84.5 Å². The molecule has 2 aliphatic rings. The van der Waals surface area contributed by atoms with Crippen molar-refractivity contribution in [3.8, 4) is 11.3 Å². The second-order valence-corrected chi connectivity index (χ2v) is 8.93. The van der Waals surface area contributed by atoms with Crippen LogP contribution in [0.5, 0.6) is 0 Å². The molecule has 35 heavy (non-hydrogen) atoms. The van der Waals surface area contributed by atoms with Crippen LogP contribution in [0.15, 0.2) is 39.8 Å². The van der Waals surface area contributed by atoms with E-state index >= 15 is 0 Å². The fourth-order valence-corrected chi connectivity index (χ4v) is 4.99. The van der Waals surface area contributed by atoms with E-state index in [0.717, 1.165) is 12.3 Å². The largest absolute Gasteiger partial charge is 0.456 e. The average molecular weight is 491 g/mol. The van der Waals surface area contributed by atoms with Crippen LogP contribution < -0.4 is 10.5 Å². The van der Waals surface area contributed by atoms with Crippen LogP contribution in [0.2, 0.25) is 0 Å². The first-order chi connectivity index (χ1) is 16.5. The number of hydrogen-bond donors (Lipinski definition) is 0. The number of hydrogen-bond acceptors (Lipinski definition) is 6. The maximum Gasteiger partial charge on any atom is 0.450 e. The van der Waals surface area contributed by atoms with Gasteiger partial charge in [0.2, 0.25) is 11.7 Å². The Morgan fingerprint density at radius 3 is 2.54 bits per heavy atom. The molecule has 3 aromatic rings. The Hall–Kier alpha value is -3.70. The minimum absolute atomic E-state index is 0.00417. The lowest BCUT2D eigenvalue weighted by molar-refractivity contribution is -0.153. The van der Waals surface area contributed by atoms with E-state index < -0.39 is 29.2 Å². The van der Waals surface area contributed by atoms with Crippen LogP contribution in [-0.2, 0) is 13.2 Å². The first kappa shape index (κ1) is 23.1. The molecule has 0 N–H and O–H groups in total. The van der Waals surface area contributed by atoms with Crippen LogP contribution in [-0.4, -0.2) is 51.5 Å². The van der Waals surface area contributed by atoms with Gasteiger partial charge in [-0.05, 0) is 19.1 Å². The van der Waals surface area contributed by atoms with Gasteiger partial charge in [0, 0.05) is 62.9 Å². The van der Waals surface area contributed by atoms with Crippen LogP contribution in [0.3, 0.4) is 0 Å². The number of carbonyl (C=O) groups excluding carboxylic acids is 1. The molecule has 1 aliphatic carbocycles. The highest BCUT2D eigenvalue weighted by molar-refractivity contribution is 5.96. The number of nitrogens with zero attached hydrogens (tertiary/aromatic N) is 5. The minimum atomic E-state index is -4.76. The number of alkyl halides is 3. The van der Waals surface area contributed by atoms with Gasteiger partial charge in [-0.3, -0.25) is 19.1 Å². The Labute approximate surface area is 196 Å². The van der Waals surface area contributed by atoms with Crippen molar-refractivity contribution in [3.05, 3.63) is 63.8 Å². The van der Waals surface area contributed by atoms with Crippen molar-refractivity contribution in [1.29, 1.82) is 0 Å². The zero-order chi connectivity index (χ0) is 25.2. The molecule has 0 spiro atoms. The summed E-state index contributed by atoms with van der Waals surface area (Å²) in [6.45, 7) is 1.90. The minimum Gasteiger partial charge on any atom is -0.456 e. The van der Waals surface area contributed by atoms with Crippen LogP contribution in [0.25, 0.3) is 11.3 Å². The molecule has 4 heterocycles. The smallest absolute Gasteiger partial charge is 0.450 e. The van der Waals surface area contributed by atoms with Crippen molar-refractivity contribution in [3.63, 3.8) is 0 Å². The molecule has 8 nitrogen and oxygen atoms in total. The number of pyridine rings is 1. The summed E-state index contributed by atoms with van der Waals surface area (Å²) >= 11 is 0. The zero-order valence-corrected chi connectivity index (χ0v) is 19.0. The molecule has 3 aromatic heterocycles. The number of furan rings is 1. The van der Waals surface area contributed by atoms with Gasteiger partial charge in [-0.2, -0.15) is 13.2 Å². The third-order valence-electron chi connectivity index (χ3n) is 6.70. The SMILES string of the molecule is Cc1cc(C(=O)N2C[C@@H]3[C@H](C2)[C@H]3N(C)c2nc(-c3ccncc3F)cc(=O)n2C)c(C(F)(F)F)o1. The number of anilines is 1. The molecule has 5 rings (SSSR count). The summed E-state index contributed by atoms with van der Waals surface area (Å²) < 4.78 is 60.1. The number of fused-ring (bicyclic) bond motifs is 1. The second kappa shape index (κ2) is 7.92. The highest BCUT2D eigenvalue weighted by Crippen LogP contribution is 2.50. The van der Waals surface area contributed by atoms with Gasteiger partial charge in [0.25, 0.3) is 11.5 Å². The summed E-state index contributed by atoms with van der Waals surface area (Å²) in [5.41, 5.74) is -0.536. The summed E-state index contributed by atoms with van der Waals surface area (Å²) in [5.74, 6) is -2.26. The Bertz CT molecular complexity index is 1370. The maximum absolute atomic E-state index is 14.2. The lowest BCUT2D eigenvalue weighted by atomic mass is 10.2. The van der Waals surface area contributed by atoms with E-state index in [9.17, 15) is 27.2 Å². The van der Waals surface area contributed by atoms with Crippen molar-refractivity contribution in [2.45, 2.75) is 19.1 Å². The molecular formula is C23H21F4N5O3. The van der Waals surface area contributed by atoms with Crippen molar-refractivity contribution >= 4 is 11.9 Å². The zero-order valence-electron chi connectivity index (χ0n) is 19.0. The standard InChI is InChI=1S/C23H21F4N5O3/c1-11-6-13(20(35-11)23(25,26)27)21(34)32-9-14-15(10-32)19(14)31(3)22-29-17(7-18(33)30(22)2)12-4-5-28-8-16(12)24/h4-8,14-15,19H,9-10H2,1-3H3/t14-,15+,19+. The van der Waals surface area contributed by atoms with Crippen LogP contribution >= 0.6 is 0 Å². The number of carbonyl (C=O) groups is 1. The second-order valence-electron chi connectivity index (χ2n) is 8.93. The lowest BCUT2D eigenvalue weighted by Crippen LogP contribution is -2.38. The number of rotatable bonds is 4. The van der Waals surface area contributed by atoms with Crippen LogP contribution in [0, 0.1) is 24.6 Å². The Morgan fingerprint density at radius 2 is 1.91 bits per heavy atom. The van der Waals surface area contributed by atoms with E-state index in [2.05, 4.69) is 9.97 Å². The summed E-state index contributed by atoms with van der Waals surface area (Å²) in [6, 6.07) is 3.73. The number of likely N-dealkylation sites (tertiary alicyclic amines) is 1. The first-order valence-corrected chi connectivity index (χ1v) is 10.8. The van der Waals surface area contributed by atoms with E-state index in [0.29, 0.717) is 5.95 Å². The molecule has 184 valence electrons. The normalized spacial score (nSPS) is 21.2. The van der Waals surface area contributed by atoms with Gasteiger partial charge in [0.15, 0.2) is 5.82 Å². The molecular weight excluding hydrogens is 470 g/mol. The first-order valence-electron chi connectivity index (χ1n) is 10.8. The van der Waals surface area contributed by atoms with E-state index in [1.165, 1.54) is 34.7 Å². The summed E-state index contributed by atoms with van der Waals surface area (Å²) in [5, 5.41) is 0. The van der Waals surface area contributed by atoms with Crippen molar-refractivity contribution < 1.29 is 26.8 Å². The van der Waals surface area contributed by atoms with Gasteiger partial charge in [-0.1, -0.05) is 0 Å². The van der Waals surface area contributed by atoms with Gasteiger partial charge in [-0.25, -0.2) is 9.37 Å². The van der Waals surface area contributed by atoms with Crippen molar-refractivity contribution in [1.82, 2.24) is 19.4 Å². The third kappa shape index (κ3) is 3.86. The highest BCUT2D eigenvalue weighted by Gasteiger charge is 2.59. The molecule has 1 aliphatic heterocycles. The molecule has 2 fully saturated rings. The van der Waals surface area contributed by atoms with Gasteiger partial charge >= 0.3 is 6.18 Å². The Kier molecular flexibility index (Phi) is 5.22. The fraction of sp³-hybridized carbons (Fsp3) is 0.391. The highest BCUT2D eigenvalue weighted by atomic mass is 19.4. The number of amides is 1. The monoisotopic (exact) mass is 491 g/mol. The molecule has 0 unspecified atom stereocenters. The molecule has 0 bridgehead atoms. The molecule has 1 amide bonds.